The van der Waals surface area contributed by atoms with Crippen LogP contribution >= 0.6 is 12.6 Å². The first-order valence-corrected chi connectivity index (χ1v) is 9.50. The van der Waals surface area contributed by atoms with E-state index in [-0.39, 0.29) is 5.75 Å². The molecule has 142 valence electrons. The third kappa shape index (κ3) is 2.77. The first-order chi connectivity index (χ1) is 13.6. The maximum Gasteiger partial charge on any atom is 0.327 e. The molecule has 4 aromatic rings. The molecule has 3 aromatic heterocycles. The van der Waals surface area contributed by atoms with Crippen LogP contribution in [0.3, 0.4) is 0 Å². The minimum atomic E-state index is -1.11. The Balaban J connectivity index is 2.02. The summed E-state index contributed by atoms with van der Waals surface area (Å²) in [6.07, 6.45) is 3.69. The van der Waals surface area contributed by atoms with Crippen molar-refractivity contribution in [2.24, 2.45) is 0 Å². The van der Waals surface area contributed by atoms with E-state index in [0.29, 0.717) is 23.0 Å². The fourth-order valence-corrected chi connectivity index (χ4v) is 3.74. The predicted octanol–water partition coefficient (Wildman–Crippen LogP) is 2.83. The molecule has 7 nitrogen and oxygen atoms in total. The Morgan fingerprint density at radius 3 is 2.64 bits per heavy atom. The van der Waals surface area contributed by atoms with Crippen molar-refractivity contribution < 1.29 is 9.90 Å². The van der Waals surface area contributed by atoms with Gasteiger partial charge in [0.15, 0.2) is 5.65 Å². The molecular formula is C20H18N4O3S. The number of rotatable bonds is 5. The Bertz CT molecular complexity index is 1250. The summed E-state index contributed by atoms with van der Waals surface area (Å²) in [7, 11) is 0. The average molecular weight is 394 g/mol. The lowest BCUT2D eigenvalue weighted by Crippen LogP contribution is -2.31. The molecule has 0 aliphatic carbocycles. The highest BCUT2D eigenvalue weighted by molar-refractivity contribution is 7.80. The molecule has 1 aromatic carbocycles. The largest absolute Gasteiger partial charge is 0.480 e. The molecule has 0 aliphatic heterocycles. The summed E-state index contributed by atoms with van der Waals surface area (Å²) >= 11 is 4.06. The maximum atomic E-state index is 12.9. The van der Waals surface area contributed by atoms with Gasteiger partial charge in [0.05, 0.1) is 16.6 Å². The molecular weight excluding hydrogens is 376 g/mol. The first-order valence-electron chi connectivity index (χ1n) is 8.87. The Morgan fingerprint density at radius 2 is 2.00 bits per heavy atom. The molecule has 1 atom stereocenters. The van der Waals surface area contributed by atoms with Gasteiger partial charge < -0.3 is 5.11 Å². The van der Waals surface area contributed by atoms with E-state index >= 15 is 0 Å². The van der Waals surface area contributed by atoms with Gasteiger partial charge in [-0.1, -0.05) is 37.3 Å². The Morgan fingerprint density at radius 1 is 1.25 bits per heavy atom. The fourth-order valence-electron chi connectivity index (χ4n) is 3.41. The quantitative estimate of drug-likeness (QED) is 0.508. The molecule has 1 N–H and O–H groups in total. The summed E-state index contributed by atoms with van der Waals surface area (Å²) in [5.41, 5.74) is 3.66. The van der Waals surface area contributed by atoms with Gasteiger partial charge in [-0.05, 0) is 18.1 Å². The number of hydrogen-bond acceptors (Lipinski definition) is 5. The molecule has 0 aliphatic rings. The number of carboxylic acids is 1. The van der Waals surface area contributed by atoms with Gasteiger partial charge in [0.1, 0.15) is 6.04 Å². The molecule has 0 bridgehead atoms. The molecule has 0 fully saturated rings. The molecule has 28 heavy (non-hydrogen) atoms. The third-order valence-corrected chi connectivity index (χ3v) is 5.15. The van der Waals surface area contributed by atoms with Crippen molar-refractivity contribution in [2.75, 3.05) is 5.75 Å². The first kappa shape index (κ1) is 18.2. The third-order valence-electron chi connectivity index (χ3n) is 4.80. The molecule has 4 rings (SSSR count). The Hall–Kier alpha value is -3.13. The number of pyridine rings is 1. The van der Waals surface area contributed by atoms with Gasteiger partial charge in [-0.25, -0.2) is 14.3 Å². The second kappa shape index (κ2) is 7.12. The minimum Gasteiger partial charge on any atom is -0.480 e. The van der Waals surface area contributed by atoms with Gasteiger partial charge >= 0.3 is 5.97 Å². The number of aliphatic carboxylic acids is 1. The van der Waals surface area contributed by atoms with Crippen LogP contribution in [0.4, 0.5) is 0 Å². The predicted molar refractivity (Wildman–Crippen MR) is 110 cm³/mol. The Labute approximate surface area is 165 Å². The SMILES string of the molecule is CCc1nn2c(ncc3c(=O)n([C@@H](CS)C(=O)O)ccc32)c1-c1ccccc1. The van der Waals surface area contributed by atoms with Gasteiger partial charge in [-0.3, -0.25) is 9.36 Å². The number of aromatic nitrogens is 4. The van der Waals surface area contributed by atoms with E-state index < -0.39 is 17.6 Å². The van der Waals surface area contributed by atoms with Gasteiger partial charge in [0, 0.05) is 23.7 Å². The molecule has 8 heteroatoms. The number of carbonyl (C=O) groups is 1. The normalized spacial score (nSPS) is 12.5. The lowest BCUT2D eigenvalue weighted by molar-refractivity contribution is -0.140. The van der Waals surface area contributed by atoms with Crippen molar-refractivity contribution in [1.82, 2.24) is 19.2 Å². The summed E-state index contributed by atoms with van der Waals surface area (Å²) in [5, 5.41) is 14.3. The van der Waals surface area contributed by atoms with Crippen molar-refractivity contribution in [3.05, 3.63) is 64.8 Å². The number of aryl methyl sites for hydroxylation is 1. The van der Waals surface area contributed by atoms with Crippen LogP contribution in [0.5, 0.6) is 0 Å². The summed E-state index contributed by atoms with van der Waals surface area (Å²) in [6.45, 7) is 2.02. The van der Waals surface area contributed by atoms with Crippen LogP contribution in [0, 0.1) is 0 Å². The summed E-state index contributed by atoms with van der Waals surface area (Å²) < 4.78 is 2.84. The average Bonchev–Trinajstić information content (AvgIpc) is 3.09. The van der Waals surface area contributed by atoms with Crippen LogP contribution in [-0.2, 0) is 11.2 Å². The van der Waals surface area contributed by atoms with Gasteiger partial charge in [-0.2, -0.15) is 17.7 Å². The number of fused-ring (bicyclic) bond motifs is 3. The van der Waals surface area contributed by atoms with E-state index in [1.54, 1.807) is 10.6 Å². The van der Waals surface area contributed by atoms with Crippen molar-refractivity contribution in [2.45, 2.75) is 19.4 Å². The summed E-state index contributed by atoms with van der Waals surface area (Å²) in [4.78, 5) is 28.8. The number of benzene rings is 1. The molecule has 0 radical (unpaired) electrons. The van der Waals surface area contributed by atoms with Crippen LogP contribution in [0.1, 0.15) is 18.7 Å². The van der Waals surface area contributed by atoms with Crippen molar-refractivity contribution in [1.29, 1.82) is 0 Å². The van der Waals surface area contributed by atoms with E-state index in [9.17, 15) is 14.7 Å². The summed E-state index contributed by atoms with van der Waals surface area (Å²) in [6, 6.07) is 10.5. The van der Waals surface area contributed by atoms with Crippen LogP contribution in [0.15, 0.2) is 53.6 Å². The van der Waals surface area contributed by atoms with E-state index in [2.05, 4.69) is 22.7 Å². The van der Waals surface area contributed by atoms with E-state index in [0.717, 1.165) is 16.8 Å². The number of carboxylic acid groups (broad SMARTS) is 1. The van der Waals surface area contributed by atoms with Crippen molar-refractivity contribution in [3.8, 4) is 11.1 Å². The van der Waals surface area contributed by atoms with Gasteiger partial charge in [0.25, 0.3) is 5.56 Å². The fraction of sp³-hybridized carbons (Fsp3) is 0.200. The lowest BCUT2D eigenvalue weighted by Gasteiger charge is -2.14. The zero-order valence-corrected chi connectivity index (χ0v) is 16.0. The lowest BCUT2D eigenvalue weighted by atomic mass is 10.0. The molecule has 3 heterocycles. The van der Waals surface area contributed by atoms with Crippen molar-refractivity contribution >= 4 is 35.1 Å². The summed E-state index contributed by atoms with van der Waals surface area (Å²) in [5.74, 6) is -1.10. The zero-order chi connectivity index (χ0) is 19.8. The van der Waals surface area contributed by atoms with Crippen LogP contribution in [-0.4, -0.2) is 36.0 Å². The molecule has 0 unspecified atom stereocenters. The maximum absolute atomic E-state index is 12.9. The highest BCUT2D eigenvalue weighted by atomic mass is 32.1. The molecule has 0 amide bonds. The minimum absolute atomic E-state index is 0.0102. The van der Waals surface area contributed by atoms with E-state index in [1.807, 2.05) is 37.3 Å². The number of nitrogens with zero attached hydrogens (tertiary/aromatic N) is 4. The number of hydrogen-bond donors (Lipinski definition) is 2. The topological polar surface area (TPSA) is 89.5 Å². The molecule has 0 saturated carbocycles. The van der Waals surface area contributed by atoms with Crippen LogP contribution < -0.4 is 5.56 Å². The van der Waals surface area contributed by atoms with Crippen LogP contribution in [0.25, 0.3) is 27.7 Å². The molecule has 0 saturated heterocycles. The standard InChI is InChI=1S/C20H18N4O3S/c1-2-14-17(12-6-4-3-5-7-12)18-21-10-13-15(24(18)22-14)8-9-23(19(13)25)16(11-28)20(26)27/h3-10,16,28H,2,11H2,1H3,(H,26,27)/t16-/m0/s1. The smallest absolute Gasteiger partial charge is 0.327 e. The zero-order valence-electron chi connectivity index (χ0n) is 15.1. The Kier molecular flexibility index (Phi) is 4.64. The van der Waals surface area contributed by atoms with Gasteiger partial charge in [0.2, 0.25) is 0 Å². The van der Waals surface area contributed by atoms with Gasteiger partial charge in [-0.15, -0.1) is 0 Å². The second-order valence-electron chi connectivity index (χ2n) is 6.40. The van der Waals surface area contributed by atoms with Crippen molar-refractivity contribution in [3.63, 3.8) is 0 Å². The van der Waals surface area contributed by atoms with Crippen LogP contribution in [0.2, 0.25) is 0 Å². The highest BCUT2D eigenvalue weighted by Crippen LogP contribution is 2.29. The van der Waals surface area contributed by atoms with E-state index in [1.165, 1.54) is 17.0 Å². The monoisotopic (exact) mass is 394 g/mol. The number of thiol groups is 1. The molecule has 0 spiro atoms. The van der Waals surface area contributed by atoms with E-state index in [4.69, 9.17) is 0 Å². The second-order valence-corrected chi connectivity index (χ2v) is 6.76. The highest BCUT2D eigenvalue weighted by Gasteiger charge is 2.22.